The zero-order chi connectivity index (χ0) is 48.0. The molecule has 5 aliphatic rings. The molecular formula is C51H60N10O8. The fourth-order valence-electron chi connectivity index (χ4n) is 10.2. The van der Waals surface area contributed by atoms with Crippen molar-refractivity contribution in [2.45, 2.75) is 95.2 Å². The number of aromatic nitrogens is 2. The fourth-order valence-corrected chi connectivity index (χ4v) is 10.2. The first-order valence-electron chi connectivity index (χ1n) is 24.4. The van der Waals surface area contributed by atoms with Crippen LogP contribution in [0.1, 0.15) is 97.8 Å². The lowest BCUT2D eigenvalue weighted by Crippen LogP contribution is -2.54. The number of hydrogen-bond donors (Lipinski definition) is 4. The predicted molar refractivity (Wildman–Crippen MR) is 259 cm³/mol. The number of nitrogen functional groups attached to an aromatic ring is 1. The number of benzene rings is 3. The monoisotopic (exact) mass is 940 g/mol. The van der Waals surface area contributed by atoms with Crippen LogP contribution in [0.5, 0.6) is 11.5 Å². The van der Waals surface area contributed by atoms with E-state index in [0.717, 1.165) is 80.9 Å². The van der Waals surface area contributed by atoms with E-state index in [1.54, 1.807) is 42.5 Å². The first-order chi connectivity index (χ1) is 33.5. The van der Waals surface area contributed by atoms with Crippen molar-refractivity contribution in [1.29, 1.82) is 0 Å². The Morgan fingerprint density at radius 2 is 1.42 bits per heavy atom. The standard InChI is InChI=1S/C51H60N10O8/c52-48-43(30-40(55-56-48)37-11-6-7-14-42(37)62)69-36-10-9-24-59(32-36)35-19-17-34(18-20-35)57-26-28-58(29-27-57)45(64)15-4-2-1-3-5-16-46(65)60-25-23-33(31-60)53-39-13-8-12-38-47(39)51(68)61(50(38)67)41-21-22-44(63)54-49(41)66/h6-8,11-14,17-20,30,33,36,41,53,62H,1-5,9-10,15-16,21-29,31-32H2,(H2,52,56)(H,54,63,66)/t33-,36?,41?/m0/s1. The molecule has 18 nitrogen and oxygen atoms in total. The van der Waals surface area contributed by atoms with Crippen LogP contribution in [0.15, 0.2) is 72.8 Å². The molecule has 4 fully saturated rings. The number of carbonyl (C=O) groups excluding carboxylic acids is 6. The minimum atomic E-state index is -1.03. The molecular weight excluding hydrogens is 881 g/mol. The van der Waals surface area contributed by atoms with Crippen LogP contribution < -0.4 is 30.9 Å². The third-order valence-electron chi connectivity index (χ3n) is 14.0. The van der Waals surface area contributed by atoms with E-state index in [0.29, 0.717) is 74.7 Å². The van der Waals surface area contributed by atoms with Crippen LogP contribution in [0.3, 0.4) is 0 Å². The zero-order valence-electron chi connectivity index (χ0n) is 38.8. The van der Waals surface area contributed by atoms with Gasteiger partial charge >= 0.3 is 0 Å². The van der Waals surface area contributed by atoms with Gasteiger partial charge in [0, 0.05) is 99.8 Å². The van der Waals surface area contributed by atoms with E-state index in [-0.39, 0.29) is 59.5 Å². The number of nitrogens with two attached hydrogens (primary N) is 1. The number of nitrogens with zero attached hydrogens (tertiary/aromatic N) is 7. The molecule has 3 atom stereocenters. The van der Waals surface area contributed by atoms with Gasteiger partial charge in [-0.15, -0.1) is 10.2 Å². The molecule has 0 bridgehead atoms. The van der Waals surface area contributed by atoms with E-state index < -0.39 is 29.7 Å². The molecule has 9 rings (SSSR count). The Balaban J connectivity index is 0.645. The van der Waals surface area contributed by atoms with Crippen LogP contribution >= 0.6 is 0 Å². The van der Waals surface area contributed by atoms with Crippen molar-refractivity contribution in [3.05, 3.63) is 83.9 Å². The Kier molecular flexibility index (Phi) is 14.2. The smallest absolute Gasteiger partial charge is 0.264 e. The van der Waals surface area contributed by atoms with Crippen molar-refractivity contribution in [3.63, 3.8) is 0 Å². The van der Waals surface area contributed by atoms with Crippen molar-refractivity contribution < 1.29 is 38.6 Å². The van der Waals surface area contributed by atoms with E-state index in [9.17, 15) is 33.9 Å². The molecule has 4 aromatic rings. The molecule has 0 aliphatic carbocycles. The molecule has 0 radical (unpaired) electrons. The Morgan fingerprint density at radius 1 is 0.725 bits per heavy atom. The van der Waals surface area contributed by atoms with E-state index in [2.05, 4.69) is 54.9 Å². The Bertz CT molecular complexity index is 2580. The maximum absolute atomic E-state index is 13.5. The molecule has 2 unspecified atom stereocenters. The number of imide groups is 2. The average Bonchev–Trinajstić information content (AvgIpc) is 3.93. The van der Waals surface area contributed by atoms with Gasteiger partial charge in [0.15, 0.2) is 11.6 Å². The van der Waals surface area contributed by atoms with Gasteiger partial charge in [0.1, 0.15) is 23.6 Å². The van der Waals surface area contributed by atoms with E-state index >= 15 is 0 Å². The number of unbranched alkanes of at least 4 members (excludes halogenated alkanes) is 4. The number of para-hydroxylation sites is 1. The number of carbonyl (C=O) groups is 6. The van der Waals surface area contributed by atoms with Crippen LogP contribution in [0, 0.1) is 0 Å². The summed E-state index contributed by atoms with van der Waals surface area (Å²) < 4.78 is 6.37. The van der Waals surface area contributed by atoms with E-state index in [1.165, 1.54) is 0 Å². The maximum atomic E-state index is 13.5. The molecule has 0 spiro atoms. The van der Waals surface area contributed by atoms with Crippen molar-refractivity contribution >= 4 is 58.3 Å². The summed E-state index contributed by atoms with van der Waals surface area (Å²) in [4.78, 5) is 86.6. The summed E-state index contributed by atoms with van der Waals surface area (Å²) in [6.45, 7) is 5.61. The predicted octanol–water partition coefficient (Wildman–Crippen LogP) is 4.97. The lowest BCUT2D eigenvalue weighted by molar-refractivity contribution is -0.136. The summed E-state index contributed by atoms with van der Waals surface area (Å²) in [6, 6.07) is 21.2. The second-order valence-corrected chi connectivity index (χ2v) is 18.6. The maximum Gasteiger partial charge on any atom is 0.264 e. The number of likely N-dealkylation sites (tertiary alicyclic amines) is 1. The number of phenolic OH excluding ortho intramolecular Hbond substituents is 1. The summed E-state index contributed by atoms with van der Waals surface area (Å²) in [7, 11) is 0. The number of rotatable bonds is 16. The van der Waals surface area contributed by atoms with Gasteiger partial charge in [0.2, 0.25) is 23.6 Å². The zero-order valence-corrected chi connectivity index (χ0v) is 38.8. The molecule has 0 saturated carbocycles. The van der Waals surface area contributed by atoms with Gasteiger partial charge in [-0.3, -0.25) is 39.0 Å². The molecule has 362 valence electrons. The van der Waals surface area contributed by atoms with Gasteiger partial charge < -0.3 is 40.5 Å². The van der Waals surface area contributed by atoms with Crippen molar-refractivity contribution in [1.82, 2.24) is 30.2 Å². The summed E-state index contributed by atoms with van der Waals surface area (Å²) in [5.41, 5.74) is 10.4. The van der Waals surface area contributed by atoms with Gasteiger partial charge in [-0.1, -0.05) is 37.5 Å². The summed E-state index contributed by atoms with van der Waals surface area (Å²) >= 11 is 0. The number of piperazine rings is 1. The van der Waals surface area contributed by atoms with Crippen molar-refractivity contribution in [3.8, 4) is 22.8 Å². The highest BCUT2D eigenvalue weighted by Crippen LogP contribution is 2.35. The molecule has 6 heterocycles. The number of anilines is 4. The van der Waals surface area contributed by atoms with Gasteiger partial charge in [-0.25, -0.2) is 0 Å². The topological polar surface area (TPSA) is 224 Å². The van der Waals surface area contributed by atoms with Gasteiger partial charge in [-0.2, -0.15) is 0 Å². The molecule has 1 aromatic heterocycles. The van der Waals surface area contributed by atoms with Crippen LogP contribution in [0.4, 0.5) is 22.9 Å². The number of phenols is 1. The van der Waals surface area contributed by atoms with Gasteiger partial charge in [0.25, 0.3) is 11.8 Å². The SMILES string of the molecule is Nc1nnc(-c2ccccc2O)cc1OC1CCCN(c2ccc(N3CCN(C(=O)CCCCCCCC(=O)N4CC[C@H](Nc5cccc6c5C(=O)N(C5CCC(=O)NC5=O)C6=O)C4)CC3)cc2)C1. The van der Waals surface area contributed by atoms with Crippen molar-refractivity contribution in [2.24, 2.45) is 0 Å². The molecule has 5 aliphatic heterocycles. The van der Waals surface area contributed by atoms with Crippen LogP contribution in [0.2, 0.25) is 0 Å². The fraction of sp³-hybridized carbons (Fsp3) is 0.451. The van der Waals surface area contributed by atoms with Gasteiger partial charge in [-0.05, 0) is 87.1 Å². The number of aromatic hydroxyl groups is 1. The van der Waals surface area contributed by atoms with E-state index in [4.69, 9.17) is 10.5 Å². The highest BCUT2D eigenvalue weighted by atomic mass is 16.5. The minimum Gasteiger partial charge on any atom is -0.507 e. The average molecular weight is 941 g/mol. The lowest BCUT2D eigenvalue weighted by Gasteiger charge is -2.37. The van der Waals surface area contributed by atoms with Crippen LogP contribution in [0.25, 0.3) is 11.3 Å². The van der Waals surface area contributed by atoms with Crippen LogP contribution in [-0.4, -0.2) is 136 Å². The van der Waals surface area contributed by atoms with E-state index in [1.807, 2.05) is 15.9 Å². The Morgan fingerprint density at radius 3 is 2.16 bits per heavy atom. The number of nitrogens with one attached hydrogen (secondary N) is 2. The highest BCUT2D eigenvalue weighted by molar-refractivity contribution is 6.25. The lowest BCUT2D eigenvalue weighted by atomic mass is 10.0. The molecule has 69 heavy (non-hydrogen) atoms. The van der Waals surface area contributed by atoms with Crippen LogP contribution in [-0.2, 0) is 19.2 Å². The number of ether oxygens (including phenoxy) is 1. The third kappa shape index (κ3) is 10.6. The third-order valence-corrected chi connectivity index (χ3v) is 14.0. The first-order valence-corrected chi connectivity index (χ1v) is 24.4. The van der Waals surface area contributed by atoms with Crippen molar-refractivity contribution in [2.75, 3.05) is 73.2 Å². The first kappa shape index (κ1) is 46.9. The van der Waals surface area contributed by atoms with Gasteiger partial charge in [0.05, 0.1) is 17.7 Å². The summed E-state index contributed by atoms with van der Waals surface area (Å²) in [5, 5.41) is 24.2. The summed E-state index contributed by atoms with van der Waals surface area (Å²) in [6.07, 6.45) is 7.97. The molecule has 18 heteroatoms. The number of fused-ring (bicyclic) bond motifs is 1. The Labute approximate surface area is 401 Å². The molecule has 6 amide bonds. The Hall–Kier alpha value is -7.24. The second kappa shape index (κ2) is 21.0. The minimum absolute atomic E-state index is 0.0535. The quantitative estimate of drug-likeness (QED) is 0.0861. The highest BCUT2D eigenvalue weighted by Gasteiger charge is 2.46. The number of amides is 6. The molecule has 3 aromatic carbocycles. The number of piperidine rings is 2. The molecule has 5 N–H and O–H groups in total. The second-order valence-electron chi connectivity index (χ2n) is 18.6. The molecule has 4 saturated heterocycles. The normalized spacial score (nSPS) is 20.6. The largest absolute Gasteiger partial charge is 0.507 e. The summed E-state index contributed by atoms with van der Waals surface area (Å²) in [5.74, 6) is -1.12. The number of hydrogen-bond acceptors (Lipinski definition) is 14.